The van der Waals surface area contributed by atoms with Crippen LogP contribution in [0.25, 0.3) is 0 Å². The van der Waals surface area contributed by atoms with Crippen LogP contribution in [0.5, 0.6) is 0 Å². The van der Waals surface area contributed by atoms with Gasteiger partial charge in [0.2, 0.25) is 0 Å². The first-order valence-electron chi connectivity index (χ1n) is 5.38. The third kappa shape index (κ3) is 3.63. The summed E-state index contributed by atoms with van der Waals surface area (Å²) >= 11 is 5.29. The Bertz CT molecular complexity index is 458. The predicted molar refractivity (Wildman–Crippen MR) is 75.4 cm³/mol. The van der Waals surface area contributed by atoms with Gasteiger partial charge in [0, 0.05) is 15.1 Å². The molecule has 2 aromatic rings. The number of benzene rings is 1. The first-order chi connectivity index (χ1) is 8.29. The summed E-state index contributed by atoms with van der Waals surface area (Å²) in [6.07, 6.45) is 1.71. The van der Waals surface area contributed by atoms with E-state index < -0.39 is 0 Å². The van der Waals surface area contributed by atoms with Crippen LogP contribution >= 0.6 is 27.7 Å². The number of thioether (sulfide) groups is 1. The van der Waals surface area contributed by atoms with Crippen molar-refractivity contribution in [3.8, 4) is 0 Å². The summed E-state index contributed by atoms with van der Waals surface area (Å²) in [7, 11) is 1.95. The molecule has 1 atom stereocenters. The summed E-state index contributed by atoms with van der Waals surface area (Å²) in [5, 5.41) is 3.26. The maximum Gasteiger partial charge on any atom is 0.121 e. The molecule has 1 unspecified atom stereocenters. The molecule has 2 rings (SSSR count). The van der Waals surface area contributed by atoms with Gasteiger partial charge in [0.1, 0.15) is 5.76 Å². The van der Waals surface area contributed by atoms with E-state index in [0.717, 1.165) is 16.0 Å². The minimum atomic E-state index is 0.244. The number of rotatable bonds is 5. The summed E-state index contributed by atoms with van der Waals surface area (Å²) in [6.45, 7) is 0. The van der Waals surface area contributed by atoms with Crippen molar-refractivity contribution in [3.05, 3.63) is 52.9 Å². The van der Waals surface area contributed by atoms with Crippen LogP contribution in [-0.4, -0.2) is 12.8 Å². The Morgan fingerprint density at radius 1 is 1.35 bits per heavy atom. The Hall–Kier alpha value is -0.710. The number of hydrogen-bond acceptors (Lipinski definition) is 3. The van der Waals surface area contributed by atoms with Gasteiger partial charge in [0.15, 0.2) is 0 Å². The number of hydrogen-bond donors (Lipinski definition) is 1. The normalized spacial score (nSPS) is 12.6. The number of halogens is 1. The maximum absolute atomic E-state index is 5.41. The highest BCUT2D eigenvalue weighted by atomic mass is 79.9. The van der Waals surface area contributed by atoms with Crippen LogP contribution in [0.2, 0.25) is 0 Å². The molecule has 2 nitrogen and oxygen atoms in total. The standard InChI is InChI=1S/C13H14BrNOS/c1-15-12(13-6-3-7-16-13)9-17-11-5-2-4-10(14)8-11/h2-8,12,15H,9H2,1H3. The molecule has 4 heteroatoms. The van der Waals surface area contributed by atoms with Gasteiger partial charge >= 0.3 is 0 Å². The minimum absolute atomic E-state index is 0.244. The van der Waals surface area contributed by atoms with Crippen molar-refractivity contribution in [1.82, 2.24) is 5.32 Å². The summed E-state index contributed by atoms with van der Waals surface area (Å²) in [4.78, 5) is 1.26. The summed E-state index contributed by atoms with van der Waals surface area (Å²) in [6, 6.07) is 12.5. The molecule has 1 N–H and O–H groups in total. The first kappa shape index (κ1) is 12.7. The largest absolute Gasteiger partial charge is 0.468 e. The van der Waals surface area contributed by atoms with Gasteiger partial charge in [-0.25, -0.2) is 0 Å². The lowest BCUT2D eigenvalue weighted by atomic mass is 10.2. The van der Waals surface area contributed by atoms with Gasteiger partial charge in [-0.15, -0.1) is 11.8 Å². The first-order valence-corrected chi connectivity index (χ1v) is 7.16. The van der Waals surface area contributed by atoms with Gasteiger partial charge in [-0.2, -0.15) is 0 Å². The van der Waals surface area contributed by atoms with E-state index in [9.17, 15) is 0 Å². The fraction of sp³-hybridized carbons (Fsp3) is 0.231. The predicted octanol–water partition coefficient (Wildman–Crippen LogP) is 4.09. The van der Waals surface area contributed by atoms with Crippen LogP contribution in [-0.2, 0) is 0 Å². The van der Waals surface area contributed by atoms with Crippen LogP contribution in [0, 0.1) is 0 Å². The van der Waals surface area contributed by atoms with Crippen LogP contribution in [0.3, 0.4) is 0 Å². The fourth-order valence-corrected chi connectivity index (χ4v) is 3.16. The van der Waals surface area contributed by atoms with Crippen molar-refractivity contribution in [1.29, 1.82) is 0 Å². The average Bonchev–Trinajstić information content (AvgIpc) is 2.84. The minimum Gasteiger partial charge on any atom is -0.468 e. The third-order valence-electron chi connectivity index (χ3n) is 2.45. The van der Waals surface area contributed by atoms with Crippen molar-refractivity contribution < 1.29 is 4.42 Å². The lowest BCUT2D eigenvalue weighted by Gasteiger charge is -2.13. The van der Waals surface area contributed by atoms with Crippen molar-refractivity contribution >= 4 is 27.7 Å². The molecule has 0 saturated heterocycles. The number of nitrogens with one attached hydrogen (secondary N) is 1. The molecule has 90 valence electrons. The number of furan rings is 1. The van der Waals surface area contributed by atoms with Gasteiger partial charge in [0.05, 0.1) is 12.3 Å². The van der Waals surface area contributed by atoms with Crippen molar-refractivity contribution in [2.45, 2.75) is 10.9 Å². The Balaban J connectivity index is 1.97. The highest BCUT2D eigenvalue weighted by Crippen LogP contribution is 2.26. The van der Waals surface area contributed by atoms with Gasteiger partial charge in [-0.1, -0.05) is 22.0 Å². The molecule has 0 aliphatic carbocycles. The molecule has 1 aromatic heterocycles. The molecular formula is C13H14BrNOS. The Morgan fingerprint density at radius 2 is 2.24 bits per heavy atom. The highest BCUT2D eigenvalue weighted by Gasteiger charge is 2.12. The molecule has 17 heavy (non-hydrogen) atoms. The van der Waals surface area contributed by atoms with Crippen LogP contribution in [0.4, 0.5) is 0 Å². The van der Waals surface area contributed by atoms with Crippen LogP contribution in [0.15, 0.2) is 56.4 Å². The van der Waals surface area contributed by atoms with Crippen LogP contribution in [0.1, 0.15) is 11.8 Å². The zero-order valence-electron chi connectivity index (χ0n) is 9.52. The third-order valence-corrected chi connectivity index (χ3v) is 4.03. The summed E-state index contributed by atoms with van der Waals surface area (Å²) < 4.78 is 6.53. The van der Waals surface area contributed by atoms with E-state index in [-0.39, 0.29) is 6.04 Å². The van der Waals surface area contributed by atoms with Crippen molar-refractivity contribution in [2.24, 2.45) is 0 Å². The van der Waals surface area contributed by atoms with Crippen molar-refractivity contribution in [3.63, 3.8) is 0 Å². The SMILES string of the molecule is CNC(CSc1cccc(Br)c1)c1ccco1. The van der Waals surface area contributed by atoms with E-state index in [1.165, 1.54) is 4.90 Å². The Kier molecular flexibility index (Phi) is 4.71. The molecule has 0 aliphatic heterocycles. The Labute approximate surface area is 114 Å². The van der Waals surface area contributed by atoms with Gasteiger partial charge in [0.25, 0.3) is 0 Å². The molecule has 0 aliphatic rings. The smallest absolute Gasteiger partial charge is 0.121 e. The lowest BCUT2D eigenvalue weighted by Crippen LogP contribution is -2.17. The zero-order valence-corrected chi connectivity index (χ0v) is 11.9. The molecule has 0 radical (unpaired) electrons. The lowest BCUT2D eigenvalue weighted by molar-refractivity contribution is 0.453. The molecular weight excluding hydrogens is 298 g/mol. The molecule has 0 amide bonds. The van der Waals surface area contributed by atoms with Gasteiger partial charge < -0.3 is 9.73 Å². The molecule has 0 bridgehead atoms. The molecule has 1 aromatic carbocycles. The van der Waals surface area contributed by atoms with E-state index in [1.54, 1.807) is 6.26 Å². The topological polar surface area (TPSA) is 25.2 Å². The quantitative estimate of drug-likeness (QED) is 0.842. The Morgan fingerprint density at radius 3 is 2.88 bits per heavy atom. The van der Waals surface area contributed by atoms with Crippen LogP contribution < -0.4 is 5.32 Å². The van der Waals surface area contributed by atoms with E-state index in [4.69, 9.17) is 4.42 Å². The molecule has 1 heterocycles. The molecule has 0 spiro atoms. The average molecular weight is 312 g/mol. The fourth-order valence-electron chi connectivity index (χ4n) is 1.53. The highest BCUT2D eigenvalue weighted by molar-refractivity contribution is 9.10. The second kappa shape index (κ2) is 6.28. The second-order valence-corrected chi connectivity index (χ2v) is 5.63. The van der Waals surface area contributed by atoms with E-state index in [2.05, 4.69) is 33.4 Å². The van der Waals surface area contributed by atoms with E-state index in [1.807, 2.05) is 43.1 Å². The zero-order chi connectivity index (χ0) is 12.1. The van der Waals surface area contributed by atoms with Crippen molar-refractivity contribution in [2.75, 3.05) is 12.8 Å². The summed E-state index contributed by atoms with van der Waals surface area (Å²) in [5.41, 5.74) is 0. The van der Waals surface area contributed by atoms with Gasteiger partial charge in [-0.05, 0) is 37.4 Å². The molecule has 0 fully saturated rings. The van der Waals surface area contributed by atoms with E-state index >= 15 is 0 Å². The second-order valence-electron chi connectivity index (χ2n) is 3.63. The van der Waals surface area contributed by atoms with Gasteiger partial charge in [-0.3, -0.25) is 0 Å². The summed E-state index contributed by atoms with van der Waals surface area (Å²) in [5.74, 6) is 1.93. The van der Waals surface area contributed by atoms with E-state index in [0.29, 0.717) is 0 Å². The maximum atomic E-state index is 5.41. The monoisotopic (exact) mass is 311 g/mol. The molecule has 0 saturated carbocycles.